The van der Waals surface area contributed by atoms with E-state index in [1.54, 1.807) is 12.1 Å². The highest BCUT2D eigenvalue weighted by atomic mass is 35.5. The highest BCUT2D eigenvalue weighted by molar-refractivity contribution is 6.30. The van der Waals surface area contributed by atoms with Crippen LogP contribution in [0.1, 0.15) is 24.0 Å². The molecule has 0 spiro atoms. The number of aryl methyl sites for hydroxylation is 1. The molecular formula is C23H29ClN2O5. The molecule has 0 aromatic heterocycles. The van der Waals surface area contributed by atoms with E-state index in [1.165, 1.54) is 5.56 Å². The Balaban J connectivity index is 1.44. The van der Waals surface area contributed by atoms with Gasteiger partial charge in [-0.25, -0.2) is 0 Å². The van der Waals surface area contributed by atoms with Crippen molar-refractivity contribution in [2.75, 3.05) is 38.2 Å². The van der Waals surface area contributed by atoms with Gasteiger partial charge in [0.2, 0.25) is 5.91 Å². The third kappa shape index (κ3) is 7.11. The summed E-state index contributed by atoms with van der Waals surface area (Å²) in [5.41, 5.74) is 2.66. The zero-order chi connectivity index (χ0) is 22.1. The Morgan fingerprint density at radius 1 is 1.10 bits per heavy atom. The second-order valence-electron chi connectivity index (χ2n) is 7.43. The van der Waals surface area contributed by atoms with Crippen molar-refractivity contribution in [2.24, 2.45) is 0 Å². The molecule has 2 aromatic carbocycles. The molecule has 1 amide bonds. The van der Waals surface area contributed by atoms with Gasteiger partial charge in [0.1, 0.15) is 30.8 Å². The van der Waals surface area contributed by atoms with Crippen molar-refractivity contribution >= 4 is 23.2 Å². The zero-order valence-corrected chi connectivity index (χ0v) is 18.2. The molecule has 4 N–H and O–H groups in total. The lowest BCUT2D eigenvalue weighted by Crippen LogP contribution is -2.32. The number of amides is 1. The maximum Gasteiger partial charge on any atom is 0.224 e. The summed E-state index contributed by atoms with van der Waals surface area (Å²) < 4.78 is 11.3. The number of aliphatic hydroxyl groups excluding tert-OH is 2. The molecule has 1 aliphatic heterocycles. The molecular weight excluding hydrogens is 420 g/mol. The fraction of sp³-hybridized carbons (Fsp3) is 0.435. The zero-order valence-electron chi connectivity index (χ0n) is 17.4. The molecule has 0 saturated carbocycles. The molecule has 0 radical (unpaired) electrons. The van der Waals surface area contributed by atoms with Gasteiger partial charge in [-0.2, -0.15) is 0 Å². The number of carbonyl (C=O) groups excluding carboxylic acids is 1. The van der Waals surface area contributed by atoms with Crippen molar-refractivity contribution in [1.29, 1.82) is 0 Å². The summed E-state index contributed by atoms with van der Waals surface area (Å²) in [5, 5.41) is 26.0. The molecule has 3 rings (SSSR count). The second-order valence-corrected chi connectivity index (χ2v) is 7.87. The van der Waals surface area contributed by atoms with Crippen molar-refractivity contribution in [3.8, 4) is 11.5 Å². The van der Waals surface area contributed by atoms with Crippen molar-refractivity contribution in [3.63, 3.8) is 0 Å². The van der Waals surface area contributed by atoms with Gasteiger partial charge in [-0.05, 0) is 55.6 Å². The lowest BCUT2D eigenvalue weighted by molar-refractivity contribution is -0.116. The first-order valence-electron chi connectivity index (χ1n) is 10.5. The molecule has 168 valence electrons. The minimum atomic E-state index is -0.658. The fourth-order valence-electron chi connectivity index (χ4n) is 3.43. The standard InChI is InChI=1S/C23H29ClN2O5/c24-17-5-3-16(4-6-17)2-1-11-25-14-18(28)15-31-20-8-9-21(30-13-12-27)23-19(20)7-10-22(29)26-23/h3-6,8-9,18,25,27-28H,1-2,7,10-15H2,(H,26,29). The number of anilines is 1. The number of ether oxygens (including phenoxy) is 2. The average Bonchev–Trinajstić information content (AvgIpc) is 2.77. The van der Waals surface area contributed by atoms with Crippen molar-refractivity contribution < 1.29 is 24.5 Å². The first kappa shape index (κ1) is 23.3. The van der Waals surface area contributed by atoms with Gasteiger partial charge in [0.25, 0.3) is 0 Å². The number of carbonyl (C=O) groups is 1. The molecule has 0 aliphatic carbocycles. The van der Waals surface area contributed by atoms with E-state index in [0.717, 1.165) is 30.0 Å². The predicted octanol–water partition coefficient (Wildman–Crippen LogP) is 2.56. The van der Waals surface area contributed by atoms with Gasteiger partial charge < -0.3 is 30.3 Å². The number of hydrogen-bond donors (Lipinski definition) is 4. The van der Waals surface area contributed by atoms with Crippen LogP contribution in [0.5, 0.6) is 11.5 Å². The van der Waals surface area contributed by atoms with Crippen LogP contribution in [-0.2, 0) is 17.6 Å². The number of nitrogens with one attached hydrogen (secondary N) is 2. The van der Waals surface area contributed by atoms with E-state index in [1.807, 2.05) is 24.3 Å². The third-order valence-corrected chi connectivity index (χ3v) is 5.24. The monoisotopic (exact) mass is 448 g/mol. The van der Waals surface area contributed by atoms with Gasteiger partial charge in [-0.15, -0.1) is 0 Å². The lowest BCUT2D eigenvalue weighted by Gasteiger charge is -2.23. The number of halogens is 1. The first-order chi connectivity index (χ1) is 15.1. The summed E-state index contributed by atoms with van der Waals surface area (Å²) in [7, 11) is 0. The molecule has 1 unspecified atom stereocenters. The summed E-state index contributed by atoms with van der Waals surface area (Å²) in [6, 6.07) is 11.3. The number of fused-ring (bicyclic) bond motifs is 1. The Bertz CT molecular complexity index is 860. The van der Waals surface area contributed by atoms with Crippen molar-refractivity contribution in [3.05, 3.63) is 52.5 Å². The Kier molecular flexibility index (Phi) is 8.97. The molecule has 2 aromatic rings. The fourth-order valence-corrected chi connectivity index (χ4v) is 3.55. The van der Waals surface area contributed by atoms with Gasteiger partial charge in [0.05, 0.1) is 12.3 Å². The normalized spacial score (nSPS) is 14.0. The van der Waals surface area contributed by atoms with Gasteiger partial charge in [0.15, 0.2) is 0 Å². The van der Waals surface area contributed by atoms with E-state index in [9.17, 15) is 9.90 Å². The van der Waals surface area contributed by atoms with E-state index in [0.29, 0.717) is 36.6 Å². The van der Waals surface area contributed by atoms with Crippen LogP contribution in [-0.4, -0.2) is 55.1 Å². The topological polar surface area (TPSA) is 100 Å². The van der Waals surface area contributed by atoms with Crippen LogP contribution in [0.2, 0.25) is 5.02 Å². The number of aliphatic hydroxyl groups is 2. The summed E-state index contributed by atoms with van der Waals surface area (Å²) in [4.78, 5) is 11.8. The molecule has 7 nitrogen and oxygen atoms in total. The Morgan fingerprint density at radius 2 is 1.87 bits per heavy atom. The number of benzene rings is 2. The minimum Gasteiger partial charge on any atom is -0.490 e. The summed E-state index contributed by atoms with van der Waals surface area (Å²) >= 11 is 5.89. The molecule has 1 heterocycles. The smallest absolute Gasteiger partial charge is 0.224 e. The largest absolute Gasteiger partial charge is 0.490 e. The maximum atomic E-state index is 11.8. The molecule has 0 fully saturated rings. The van der Waals surface area contributed by atoms with Crippen LogP contribution in [0, 0.1) is 0 Å². The lowest BCUT2D eigenvalue weighted by atomic mass is 10.0. The second kappa shape index (κ2) is 11.9. The molecule has 8 heteroatoms. The van der Waals surface area contributed by atoms with Crippen LogP contribution < -0.4 is 20.1 Å². The van der Waals surface area contributed by atoms with E-state index < -0.39 is 6.10 Å². The Hall–Kier alpha value is -2.32. The molecule has 0 saturated heterocycles. The summed E-state index contributed by atoms with van der Waals surface area (Å²) in [6.07, 6.45) is 2.14. The highest BCUT2D eigenvalue weighted by Gasteiger charge is 2.23. The van der Waals surface area contributed by atoms with E-state index in [-0.39, 0.29) is 25.7 Å². The minimum absolute atomic E-state index is 0.0821. The third-order valence-electron chi connectivity index (χ3n) is 4.99. The quantitative estimate of drug-likeness (QED) is 0.372. The molecule has 31 heavy (non-hydrogen) atoms. The number of rotatable bonds is 12. The van der Waals surface area contributed by atoms with Crippen LogP contribution in [0.4, 0.5) is 5.69 Å². The van der Waals surface area contributed by atoms with Gasteiger partial charge >= 0.3 is 0 Å². The van der Waals surface area contributed by atoms with Crippen LogP contribution in [0.15, 0.2) is 36.4 Å². The molecule has 1 aliphatic rings. The highest BCUT2D eigenvalue weighted by Crippen LogP contribution is 2.38. The van der Waals surface area contributed by atoms with Crippen molar-refractivity contribution in [2.45, 2.75) is 31.8 Å². The predicted molar refractivity (Wildman–Crippen MR) is 120 cm³/mol. The Labute approximate surface area is 187 Å². The van der Waals surface area contributed by atoms with Crippen molar-refractivity contribution in [1.82, 2.24) is 5.32 Å². The van der Waals surface area contributed by atoms with Crippen LogP contribution >= 0.6 is 11.6 Å². The summed E-state index contributed by atoms with van der Waals surface area (Å²) in [5.74, 6) is 1.04. The van der Waals surface area contributed by atoms with E-state index >= 15 is 0 Å². The maximum absolute atomic E-state index is 11.8. The average molecular weight is 449 g/mol. The molecule has 1 atom stereocenters. The van der Waals surface area contributed by atoms with Crippen LogP contribution in [0.3, 0.4) is 0 Å². The SMILES string of the molecule is O=C1CCc2c(OCC(O)CNCCCc3ccc(Cl)cc3)ccc(OCCO)c2N1. The van der Waals surface area contributed by atoms with E-state index in [4.69, 9.17) is 26.2 Å². The first-order valence-corrected chi connectivity index (χ1v) is 10.9. The van der Waals surface area contributed by atoms with Crippen LogP contribution in [0.25, 0.3) is 0 Å². The number of hydrogen-bond acceptors (Lipinski definition) is 6. The van der Waals surface area contributed by atoms with Gasteiger partial charge in [-0.3, -0.25) is 4.79 Å². The van der Waals surface area contributed by atoms with Gasteiger partial charge in [-0.1, -0.05) is 23.7 Å². The van der Waals surface area contributed by atoms with E-state index in [2.05, 4.69) is 10.6 Å². The van der Waals surface area contributed by atoms with Gasteiger partial charge in [0, 0.05) is 23.6 Å². The Morgan fingerprint density at radius 3 is 2.65 bits per heavy atom. The summed E-state index contributed by atoms with van der Waals surface area (Å²) in [6.45, 7) is 1.39. The molecule has 0 bridgehead atoms.